The van der Waals surface area contributed by atoms with E-state index in [1.54, 1.807) is 31.2 Å². The molecule has 7 nitrogen and oxygen atoms in total. The van der Waals surface area contributed by atoms with Crippen molar-refractivity contribution in [3.05, 3.63) is 29.8 Å². The number of likely N-dealkylation sites (tertiary alicyclic amines) is 1. The molecule has 0 radical (unpaired) electrons. The zero-order chi connectivity index (χ0) is 17.7. The average molecular weight is 335 g/mol. The number of hydrogen-bond donors (Lipinski definition) is 2. The van der Waals surface area contributed by atoms with Gasteiger partial charge in [0.2, 0.25) is 0 Å². The Balaban J connectivity index is 1.89. The monoisotopic (exact) mass is 335 g/mol. The van der Waals surface area contributed by atoms with Crippen molar-refractivity contribution in [2.45, 2.75) is 32.3 Å². The van der Waals surface area contributed by atoms with Crippen LogP contribution in [0.4, 0.5) is 4.79 Å². The van der Waals surface area contributed by atoms with Crippen molar-refractivity contribution in [2.24, 2.45) is 5.92 Å². The third kappa shape index (κ3) is 4.71. The number of Topliss-reactive ketones (excluding diaryl/α,β-unsaturated/α-hetero) is 1. The number of benzene rings is 1. The van der Waals surface area contributed by atoms with Crippen molar-refractivity contribution >= 4 is 17.8 Å². The summed E-state index contributed by atoms with van der Waals surface area (Å²) in [7, 11) is 0. The van der Waals surface area contributed by atoms with E-state index in [1.165, 1.54) is 4.90 Å². The van der Waals surface area contributed by atoms with E-state index in [9.17, 15) is 14.4 Å². The fourth-order valence-corrected chi connectivity index (χ4v) is 2.69. The van der Waals surface area contributed by atoms with Gasteiger partial charge in [-0.2, -0.15) is 0 Å². The summed E-state index contributed by atoms with van der Waals surface area (Å²) in [4.78, 5) is 35.0. The van der Waals surface area contributed by atoms with Crippen LogP contribution in [0.5, 0.6) is 5.75 Å². The van der Waals surface area contributed by atoms with Crippen LogP contribution >= 0.6 is 0 Å². The number of carboxylic acids is 1. The molecule has 1 atom stereocenters. The van der Waals surface area contributed by atoms with Gasteiger partial charge in [0.25, 0.3) is 0 Å². The summed E-state index contributed by atoms with van der Waals surface area (Å²) in [5, 5.41) is 17.7. The number of aliphatic carboxylic acids is 1. The van der Waals surface area contributed by atoms with Crippen LogP contribution in [0.15, 0.2) is 24.3 Å². The molecule has 0 saturated carbocycles. The van der Waals surface area contributed by atoms with Gasteiger partial charge >= 0.3 is 12.1 Å². The summed E-state index contributed by atoms with van der Waals surface area (Å²) in [6.45, 7) is 2.49. The standard InChI is InChI=1S/C17H21NO6/c1-11(10-15(19)20)16(21)12-2-4-13(5-3-12)24-14-6-8-18(9-7-14)17(22)23/h2-5,11,14H,6-10H2,1H3,(H,19,20)(H,22,23). The van der Waals surface area contributed by atoms with Crippen molar-refractivity contribution in [3.63, 3.8) is 0 Å². The lowest BCUT2D eigenvalue weighted by Gasteiger charge is -2.30. The third-order valence-electron chi connectivity index (χ3n) is 4.08. The van der Waals surface area contributed by atoms with Crippen LogP contribution in [0.2, 0.25) is 0 Å². The predicted molar refractivity (Wildman–Crippen MR) is 85.4 cm³/mol. The second kappa shape index (κ2) is 7.81. The number of ketones is 1. The first-order chi connectivity index (χ1) is 11.4. The van der Waals surface area contributed by atoms with Crippen LogP contribution in [0.3, 0.4) is 0 Å². The molecule has 1 aromatic carbocycles. The number of nitrogens with zero attached hydrogens (tertiary/aromatic N) is 1. The fourth-order valence-electron chi connectivity index (χ4n) is 2.69. The molecule has 1 unspecified atom stereocenters. The molecule has 1 saturated heterocycles. The SMILES string of the molecule is CC(CC(=O)O)C(=O)c1ccc(OC2CCN(C(=O)O)CC2)cc1. The van der Waals surface area contributed by atoms with Gasteiger partial charge in [0.1, 0.15) is 11.9 Å². The lowest BCUT2D eigenvalue weighted by Crippen LogP contribution is -2.41. The topological polar surface area (TPSA) is 104 Å². The minimum atomic E-state index is -0.997. The van der Waals surface area contributed by atoms with Gasteiger partial charge in [-0.05, 0) is 24.3 Å². The number of piperidine rings is 1. The first kappa shape index (κ1) is 17.8. The lowest BCUT2D eigenvalue weighted by atomic mass is 9.96. The van der Waals surface area contributed by atoms with E-state index in [-0.39, 0.29) is 18.3 Å². The van der Waals surface area contributed by atoms with E-state index in [0.717, 1.165) is 0 Å². The summed E-state index contributed by atoms with van der Waals surface area (Å²) in [5.74, 6) is -1.16. The molecule has 1 aliphatic rings. The molecule has 0 aliphatic carbocycles. The largest absolute Gasteiger partial charge is 0.490 e. The molecule has 130 valence electrons. The second-order valence-corrected chi connectivity index (χ2v) is 5.97. The van der Waals surface area contributed by atoms with Gasteiger partial charge < -0.3 is 19.8 Å². The summed E-state index contributed by atoms with van der Waals surface area (Å²) in [6.07, 6.45) is 0.102. The number of hydrogen-bond acceptors (Lipinski definition) is 4. The summed E-state index contributed by atoms with van der Waals surface area (Å²) < 4.78 is 5.82. The third-order valence-corrected chi connectivity index (χ3v) is 4.08. The van der Waals surface area contributed by atoms with Gasteiger partial charge in [0.05, 0.1) is 6.42 Å². The number of ether oxygens (including phenoxy) is 1. The van der Waals surface area contributed by atoms with Crippen molar-refractivity contribution in [1.82, 2.24) is 4.90 Å². The van der Waals surface area contributed by atoms with Crippen LogP contribution in [-0.4, -0.2) is 52.2 Å². The Kier molecular flexibility index (Phi) is 5.78. The molecule has 1 amide bonds. The molecule has 1 aromatic rings. The van der Waals surface area contributed by atoms with Crippen molar-refractivity contribution < 1.29 is 29.3 Å². The van der Waals surface area contributed by atoms with Gasteiger partial charge in [-0.1, -0.05) is 6.92 Å². The van der Waals surface area contributed by atoms with Crippen molar-refractivity contribution in [3.8, 4) is 5.75 Å². The minimum Gasteiger partial charge on any atom is -0.490 e. The van der Waals surface area contributed by atoms with E-state index in [4.69, 9.17) is 14.9 Å². The predicted octanol–water partition coefficient (Wildman–Crippen LogP) is 2.50. The van der Waals surface area contributed by atoms with Crippen LogP contribution in [-0.2, 0) is 4.79 Å². The Bertz CT molecular complexity index is 604. The number of carbonyl (C=O) groups is 3. The highest BCUT2D eigenvalue weighted by Crippen LogP contribution is 2.21. The number of rotatable bonds is 6. The van der Waals surface area contributed by atoms with Gasteiger partial charge in [0, 0.05) is 37.4 Å². The van der Waals surface area contributed by atoms with Crippen molar-refractivity contribution in [1.29, 1.82) is 0 Å². The Labute approximate surface area is 139 Å². The van der Waals surface area contributed by atoms with Gasteiger partial charge in [-0.3, -0.25) is 9.59 Å². The van der Waals surface area contributed by atoms with E-state index >= 15 is 0 Å². The summed E-state index contributed by atoms with van der Waals surface area (Å²) >= 11 is 0. The van der Waals surface area contributed by atoms with Crippen LogP contribution in [0.1, 0.15) is 36.5 Å². The highest BCUT2D eigenvalue weighted by molar-refractivity contribution is 5.99. The fraction of sp³-hybridized carbons (Fsp3) is 0.471. The molecule has 0 spiro atoms. The van der Waals surface area contributed by atoms with Crippen molar-refractivity contribution in [2.75, 3.05) is 13.1 Å². The maximum absolute atomic E-state index is 12.1. The normalized spacial score (nSPS) is 16.5. The molecule has 2 N–H and O–H groups in total. The maximum Gasteiger partial charge on any atom is 0.407 e. The molecular formula is C17H21NO6. The molecular weight excluding hydrogens is 314 g/mol. The molecule has 1 fully saturated rings. The molecule has 0 bridgehead atoms. The molecule has 7 heteroatoms. The quantitative estimate of drug-likeness (QED) is 0.774. The molecule has 0 aromatic heterocycles. The Morgan fingerprint density at radius 3 is 2.25 bits per heavy atom. The highest BCUT2D eigenvalue weighted by Gasteiger charge is 2.23. The lowest BCUT2D eigenvalue weighted by molar-refractivity contribution is -0.137. The first-order valence-corrected chi connectivity index (χ1v) is 7.87. The molecule has 24 heavy (non-hydrogen) atoms. The van der Waals surface area contributed by atoms with Gasteiger partial charge in [-0.25, -0.2) is 4.79 Å². The first-order valence-electron chi connectivity index (χ1n) is 7.87. The van der Waals surface area contributed by atoms with Gasteiger partial charge in [-0.15, -0.1) is 0 Å². The zero-order valence-corrected chi connectivity index (χ0v) is 13.5. The minimum absolute atomic E-state index is 0.0481. The number of amides is 1. The Morgan fingerprint density at radius 1 is 1.17 bits per heavy atom. The number of carbonyl (C=O) groups excluding carboxylic acids is 1. The van der Waals surface area contributed by atoms with Gasteiger partial charge in [0.15, 0.2) is 5.78 Å². The highest BCUT2D eigenvalue weighted by atomic mass is 16.5. The maximum atomic E-state index is 12.1. The summed E-state index contributed by atoms with van der Waals surface area (Å²) in [5.41, 5.74) is 0.455. The Hall–Kier alpha value is -2.57. The molecule has 2 rings (SSSR count). The second-order valence-electron chi connectivity index (χ2n) is 5.97. The Morgan fingerprint density at radius 2 is 1.75 bits per heavy atom. The summed E-state index contributed by atoms with van der Waals surface area (Å²) in [6, 6.07) is 6.62. The van der Waals surface area contributed by atoms with Crippen LogP contribution in [0, 0.1) is 5.92 Å². The average Bonchev–Trinajstić information content (AvgIpc) is 2.54. The van der Waals surface area contributed by atoms with E-state index in [2.05, 4.69) is 0 Å². The molecule has 1 heterocycles. The van der Waals surface area contributed by atoms with Crippen LogP contribution in [0.25, 0.3) is 0 Å². The van der Waals surface area contributed by atoms with E-state index in [0.29, 0.717) is 37.2 Å². The molecule has 1 aliphatic heterocycles. The number of carboxylic acid groups (broad SMARTS) is 2. The van der Waals surface area contributed by atoms with Crippen LogP contribution < -0.4 is 4.74 Å². The smallest absolute Gasteiger partial charge is 0.407 e. The van der Waals surface area contributed by atoms with E-state index < -0.39 is 18.0 Å². The zero-order valence-electron chi connectivity index (χ0n) is 13.5. The van der Waals surface area contributed by atoms with E-state index in [1.807, 2.05) is 0 Å².